The number of ether oxygens (including phenoxy) is 2. The third-order valence-corrected chi connectivity index (χ3v) is 3.42. The van der Waals surface area contributed by atoms with Crippen molar-refractivity contribution in [2.45, 2.75) is 58.3 Å². The van der Waals surface area contributed by atoms with Crippen molar-refractivity contribution in [3.05, 3.63) is 0 Å². The lowest BCUT2D eigenvalue weighted by Crippen LogP contribution is -2.51. The third kappa shape index (κ3) is 3.69. The minimum atomic E-state index is -0.0609. The quantitative estimate of drug-likeness (QED) is 0.756. The van der Waals surface area contributed by atoms with Crippen molar-refractivity contribution in [3.63, 3.8) is 0 Å². The van der Waals surface area contributed by atoms with E-state index >= 15 is 0 Å². The van der Waals surface area contributed by atoms with Crippen LogP contribution in [0.4, 0.5) is 0 Å². The van der Waals surface area contributed by atoms with E-state index < -0.39 is 0 Å². The summed E-state index contributed by atoms with van der Waals surface area (Å²) in [5.74, 6) is 0.886. The first-order valence-electron chi connectivity index (χ1n) is 6.87. The summed E-state index contributed by atoms with van der Waals surface area (Å²) < 4.78 is 11.6. The zero-order valence-corrected chi connectivity index (χ0v) is 12.3. The standard InChI is InChI=1S/C14H26N2O2/c1-11-8-13(2,3)15-12(18-11)9-16-6-7-17-14(4,5)10-16/h11H,6-10H2,1-5H3. The lowest BCUT2D eigenvalue weighted by Gasteiger charge is -2.39. The Morgan fingerprint density at radius 2 is 2.06 bits per heavy atom. The van der Waals surface area contributed by atoms with Gasteiger partial charge in [-0.3, -0.25) is 4.90 Å². The molecule has 0 aromatic heterocycles. The van der Waals surface area contributed by atoms with Gasteiger partial charge in [-0.1, -0.05) is 0 Å². The second-order valence-electron chi connectivity index (χ2n) is 6.77. The molecular formula is C14H26N2O2. The maximum Gasteiger partial charge on any atom is 0.198 e. The summed E-state index contributed by atoms with van der Waals surface area (Å²) in [5.41, 5.74) is -0.0522. The molecule has 0 radical (unpaired) electrons. The Labute approximate surface area is 110 Å². The SMILES string of the molecule is CC1CC(C)(C)N=C(CN2CCOC(C)(C)C2)O1. The number of rotatable bonds is 2. The van der Waals surface area contributed by atoms with Crippen molar-refractivity contribution in [2.75, 3.05) is 26.2 Å². The summed E-state index contributed by atoms with van der Waals surface area (Å²) in [6.45, 7) is 14.2. The molecule has 4 heteroatoms. The Hall–Kier alpha value is -0.610. The minimum Gasteiger partial charge on any atom is -0.477 e. The van der Waals surface area contributed by atoms with Crippen LogP contribution in [0.5, 0.6) is 0 Å². The molecule has 0 spiro atoms. The van der Waals surface area contributed by atoms with Gasteiger partial charge in [0.15, 0.2) is 5.90 Å². The molecule has 0 aromatic carbocycles. The van der Waals surface area contributed by atoms with E-state index in [1.165, 1.54) is 0 Å². The molecule has 0 aliphatic carbocycles. The summed E-state index contributed by atoms with van der Waals surface area (Å²) in [6, 6.07) is 0. The molecule has 0 amide bonds. The molecule has 1 fully saturated rings. The van der Waals surface area contributed by atoms with Crippen LogP contribution in [0.3, 0.4) is 0 Å². The second kappa shape index (κ2) is 4.82. The minimum absolute atomic E-state index is 0.00873. The van der Waals surface area contributed by atoms with Crippen molar-refractivity contribution in [1.29, 1.82) is 0 Å². The lowest BCUT2D eigenvalue weighted by molar-refractivity contribution is -0.0833. The van der Waals surface area contributed by atoms with E-state index in [2.05, 4.69) is 39.5 Å². The van der Waals surface area contributed by atoms with E-state index in [1.54, 1.807) is 0 Å². The van der Waals surface area contributed by atoms with Gasteiger partial charge in [-0.2, -0.15) is 0 Å². The molecule has 2 rings (SSSR count). The van der Waals surface area contributed by atoms with Crippen LogP contribution in [-0.4, -0.2) is 54.3 Å². The van der Waals surface area contributed by atoms with E-state index in [-0.39, 0.29) is 17.2 Å². The van der Waals surface area contributed by atoms with Gasteiger partial charge in [-0.05, 0) is 34.6 Å². The van der Waals surface area contributed by atoms with Crippen LogP contribution in [0.25, 0.3) is 0 Å². The number of hydrogen-bond donors (Lipinski definition) is 0. The maximum atomic E-state index is 5.86. The van der Waals surface area contributed by atoms with Gasteiger partial charge in [-0.15, -0.1) is 0 Å². The van der Waals surface area contributed by atoms with Gasteiger partial charge in [0.1, 0.15) is 0 Å². The number of hydrogen-bond acceptors (Lipinski definition) is 4. The zero-order chi connectivity index (χ0) is 13.4. The van der Waals surface area contributed by atoms with E-state index in [0.29, 0.717) is 0 Å². The van der Waals surface area contributed by atoms with Crippen LogP contribution < -0.4 is 0 Å². The van der Waals surface area contributed by atoms with Crippen LogP contribution in [-0.2, 0) is 9.47 Å². The van der Waals surface area contributed by atoms with Gasteiger partial charge in [-0.25, -0.2) is 4.99 Å². The number of nitrogens with zero attached hydrogens (tertiary/aromatic N) is 2. The van der Waals surface area contributed by atoms with Crippen LogP contribution in [0.15, 0.2) is 4.99 Å². The molecule has 0 bridgehead atoms. The van der Waals surface area contributed by atoms with Crippen molar-refractivity contribution >= 4 is 5.90 Å². The molecule has 0 aromatic rings. The van der Waals surface area contributed by atoms with Crippen LogP contribution in [0.2, 0.25) is 0 Å². The largest absolute Gasteiger partial charge is 0.477 e. The summed E-state index contributed by atoms with van der Waals surface area (Å²) in [7, 11) is 0. The van der Waals surface area contributed by atoms with Crippen molar-refractivity contribution in [2.24, 2.45) is 4.99 Å². The molecule has 2 aliphatic heterocycles. The Morgan fingerprint density at radius 3 is 2.67 bits per heavy atom. The maximum absolute atomic E-state index is 5.86. The molecule has 18 heavy (non-hydrogen) atoms. The Kier molecular flexibility index (Phi) is 3.70. The zero-order valence-electron chi connectivity index (χ0n) is 12.3. The summed E-state index contributed by atoms with van der Waals surface area (Å²) in [4.78, 5) is 7.09. The molecule has 104 valence electrons. The smallest absolute Gasteiger partial charge is 0.198 e. The van der Waals surface area contributed by atoms with E-state index in [1.807, 2.05) is 0 Å². The average Bonchev–Trinajstić information content (AvgIpc) is 2.11. The third-order valence-electron chi connectivity index (χ3n) is 3.42. The molecule has 0 saturated carbocycles. The van der Waals surface area contributed by atoms with Crippen LogP contribution in [0, 0.1) is 0 Å². The van der Waals surface area contributed by atoms with Crippen molar-refractivity contribution in [1.82, 2.24) is 4.90 Å². The van der Waals surface area contributed by atoms with Crippen LogP contribution in [0.1, 0.15) is 41.0 Å². The first-order chi connectivity index (χ1) is 8.26. The highest BCUT2D eigenvalue weighted by molar-refractivity contribution is 5.79. The van der Waals surface area contributed by atoms with Gasteiger partial charge >= 0.3 is 0 Å². The number of morpholine rings is 1. The predicted molar refractivity (Wildman–Crippen MR) is 73.1 cm³/mol. The van der Waals surface area contributed by atoms with Crippen molar-refractivity contribution in [3.8, 4) is 0 Å². The second-order valence-corrected chi connectivity index (χ2v) is 6.77. The highest BCUT2D eigenvalue weighted by atomic mass is 16.5. The van der Waals surface area contributed by atoms with Gasteiger partial charge in [0.05, 0.1) is 30.4 Å². The highest BCUT2D eigenvalue weighted by Gasteiger charge is 2.32. The summed E-state index contributed by atoms with van der Waals surface area (Å²) in [6.07, 6.45) is 1.26. The molecule has 0 N–H and O–H groups in total. The molecule has 2 aliphatic rings. The highest BCUT2D eigenvalue weighted by Crippen LogP contribution is 2.24. The van der Waals surface area contributed by atoms with Gasteiger partial charge in [0.2, 0.25) is 0 Å². The van der Waals surface area contributed by atoms with Gasteiger partial charge < -0.3 is 9.47 Å². The summed E-state index contributed by atoms with van der Waals surface area (Å²) in [5, 5.41) is 0. The monoisotopic (exact) mass is 254 g/mol. The summed E-state index contributed by atoms with van der Waals surface area (Å²) >= 11 is 0. The van der Waals surface area contributed by atoms with Gasteiger partial charge in [0, 0.05) is 19.5 Å². The fraction of sp³-hybridized carbons (Fsp3) is 0.929. The molecule has 1 atom stereocenters. The molecule has 4 nitrogen and oxygen atoms in total. The van der Waals surface area contributed by atoms with Crippen LogP contribution >= 0.6 is 0 Å². The topological polar surface area (TPSA) is 34.1 Å². The van der Waals surface area contributed by atoms with Crippen molar-refractivity contribution < 1.29 is 9.47 Å². The Morgan fingerprint density at radius 1 is 1.33 bits per heavy atom. The first-order valence-corrected chi connectivity index (χ1v) is 6.87. The Balaban J connectivity index is 1.99. The normalized spacial score (nSPS) is 31.6. The van der Waals surface area contributed by atoms with E-state index in [9.17, 15) is 0 Å². The van der Waals surface area contributed by atoms with Gasteiger partial charge in [0.25, 0.3) is 0 Å². The lowest BCUT2D eigenvalue weighted by atomic mass is 9.97. The Bertz CT molecular complexity index is 337. The molecule has 2 heterocycles. The molecule has 1 saturated heterocycles. The van der Waals surface area contributed by atoms with E-state index in [0.717, 1.165) is 38.6 Å². The number of aliphatic imine (C=N–C) groups is 1. The molecular weight excluding hydrogens is 228 g/mol. The molecule has 1 unspecified atom stereocenters. The first kappa shape index (κ1) is 13.8. The predicted octanol–water partition coefficient (Wildman–Crippen LogP) is 2.08. The average molecular weight is 254 g/mol. The fourth-order valence-electron chi connectivity index (χ4n) is 2.90. The van der Waals surface area contributed by atoms with E-state index in [4.69, 9.17) is 14.5 Å². The fourth-order valence-corrected chi connectivity index (χ4v) is 2.90.